The first-order valence-electron chi connectivity index (χ1n) is 13.4. The fourth-order valence-electron chi connectivity index (χ4n) is 4.97. The molecule has 0 spiro atoms. The van der Waals surface area contributed by atoms with Crippen LogP contribution in [0.1, 0.15) is 11.1 Å². The molecule has 0 bridgehead atoms. The fourth-order valence-corrected chi connectivity index (χ4v) is 4.97. The van der Waals surface area contributed by atoms with Crippen molar-refractivity contribution >= 4 is 21.5 Å². The van der Waals surface area contributed by atoms with E-state index in [0.29, 0.717) is 66.1 Å². The van der Waals surface area contributed by atoms with Gasteiger partial charge in [-0.2, -0.15) is 0 Å². The predicted octanol–water partition coefficient (Wildman–Crippen LogP) is 6.11. The van der Waals surface area contributed by atoms with Crippen LogP contribution in [0, 0.1) is 13.8 Å². The van der Waals surface area contributed by atoms with Crippen molar-refractivity contribution < 1.29 is 28.4 Å². The minimum Gasteiger partial charge on any atom is -0.490 e. The van der Waals surface area contributed by atoms with Gasteiger partial charge in [-0.1, -0.05) is 48.5 Å². The maximum absolute atomic E-state index is 6.49. The van der Waals surface area contributed by atoms with Gasteiger partial charge in [-0.3, -0.25) is 0 Å². The summed E-state index contributed by atoms with van der Waals surface area (Å²) in [5.41, 5.74) is 4.23. The Labute approximate surface area is 224 Å². The minimum absolute atomic E-state index is 0.434. The molecule has 4 aromatic carbocycles. The van der Waals surface area contributed by atoms with Crippen LogP contribution in [0.5, 0.6) is 11.5 Å². The monoisotopic (exact) mass is 516 g/mol. The zero-order chi connectivity index (χ0) is 26.2. The van der Waals surface area contributed by atoms with Gasteiger partial charge in [0.15, 0.2) is 0 Å². The van der Waals surface area contributed by atoms with E-state index in [-0.39, 0.29) is 0 Å². The molecule has 5 rings (SSSR count). The third kappa shape index (κ3) is 6.11. The molecule has 1 aliphatic heterocycles. The van der Waals surface area contributed by atoms with Crippen molar-refractivity contribution in [2.24, 2.45) is 0 Å². The van der Waals surface area contributed by atoms with Crippen LogP contribution >= 0.6 is 0 Å². The number of rotatable bonds is 0. The molecule has 1 aliphatic rings. The second kappa shape index (κ2) is 13.1. The van der Waals surface area contributed by atoms with Crippen molar-refractivity contribution in [3.8, 4) is 22.6 Å². The SMILES string of the molecule is Cc1cc2ccccc2c2c1OCCOCCOCCOCCOCCOc1c(C)cc3ccccc3c1-2. The van der Waals surface area contributed by atoms with Gasteiger partial charge in [-0.25, -0.2) is 0 Å². The quantitative estimate of drug-likeness (QED) is 0.281. The Morgan fingerprint density at radius 2 is 0.789 bits per heavy atom. The van der Waals surface area contributed by atoms with E-state index >= 15 is 0 Å². The smallest absolute Gasteiger partial charge is 0.130 e. The van der Waals surface area contributed by atoms with E-state index in [2.05, 4.69) is 74.5 Å². The van der Waals surface area contributed by atoms with E-state index in [0.717, 1.165) is 55.3 Å². The topological polar surface area (TPSA) is 55.4 Å². The first-order chi connectivity index (χ1) is 18.7. The van der Waals surface area contributed by atoms with E-state index in [9.17, 15) is 0 Å². The fraction of sp³-hybridized carbons (Fsp3) is 0.375. The van der Waals surface area contributed by atoms with Crippen molar-refractivity contribution in [3.05, 3.63) is 71.8 Å². The molecule has 6 nitrogen and oxygen atoms in total. The average molecular weight is 517 g/mol. The molecule has 38 heavy (non-hydrogen) atoms. The second-order valence-electron chi connectivity index (χ2n) is 9.38. The third-order valence-corrected chi connectivity index (χ3v) is 6.69. The molecule has 0 radical (unpaired) electrons. The highest BCUT2D eigenvalue weighted by molar-refractivity contribution is 6.10. The minimum atomic E-state index is 0.434. The van der Waals surface area contributed by atoms with Crippen LogP contribution < -0.4 is 9.47 Å². The predicted molar refractivity (Wildman–Crippen MR) is 151 cm³/mol. The molecule has 1 heterocycles. The molecule has 6 heteroatoms. The first kappa shape index (κ1) is 26.4. The van der Waals surface area contributed by atoms with Crippen molar-refractivity contribution in [3.63, 3.8) is 0 Å². The van der Waals surface area contributed by atoms with Crippen LogP contribution in [0.4, 0.5) is 0 Å². The van der Waals surface area contributed by atoms with Gasteiger partial charge in [-0.15, -0.1) is 0 Å². The van der Waals surface area contributed by atoms with Crippen molar-refractivity contribution in [2.75, 3.05) is 66.1 Å². The lowest BCUT2D eigenvalue weighted by molar-refractivity contribution is -0.00707. The molecule has 200 valence electrons. The number of benzene rings is 4. The lowest BCUT2D eigenvalue weighted by atomic mass is 9.89. The van der Waals surface area contributed by atoms with Crippen molar-refractivity contribution in [2.45, 2.75) is 13.8 Å². The summed E-state index contributed by atoms with van der Waals surface area (Å²) in [7, 11) is 0. The highest BCUT2D eigenvalue weighted by Gasteiger charge is 2.22. The zero-order valence-corrected chi connectivity index (χ0v) is 22.3. The van der Waals surface area contributed by atoms with Gasteiger partial charge in [-0.05, 0) is 58.7 Å². The molecule has 0 N–H and O–H groups in total. The van der Waals surface area contributed by atoms with E-state index in [1.807, 2.05) is 0 Å². The summed E-state index contributed by atoms with van der Waals surface area (Å²) in [5, 5.41) is 4.57. The van der Waals surface area contributed by atoms with Crippen molar-refractivity contribution in [1.82, 2.24) is 0 Å². The normalized spacial score (nSPS) is 16.7. The molecule has 4 aromatic rings. The van der Waals surface area contributed by atoms with Gasteiger partial charge in [0.05, 0.1) is 52.9 Å². The summed E-state index contributed by atoms with van der Waals surface area (Å²) in [6.07, 6.45) is 0. The number of aryl methyl sites for hydroxylation is 2. The summed E-state index contributed by atoms with van der Waals surface area (Å²) in [6, 6.07) is 21.3. The Balaban J connectivity index is 1.62. The summed E-state index contributed by atoms with van der Waals surface area (Å²) in [4.78, 5) is 0. The Hall–Kier alpha value is -3.16. The molecule has 0 aromatic heterocycles. The van der Waals surface area contributed by atoms with E-state index in [1.165, 1.54) is 0 Å². The van der Waals surface area contributed by atoms with Gasteiger partial charge in [0.1, 0.15) is 24.7 Å². The second-order valence-corrected chi connectivity index (χ2v) is 9.38. The molecule has 0 amide bonds. The van der Waals surface area contributed by atoms with Gasteiger partial charge in [0.2, 0.25) is 0 Å². The van der Waals surface area contributed by atoms with Crippen LogP contribution in [-0.4, -0.2) is 66.1 Å². The average Bonchev–Trinajstić information content (AvgIpc) is 2.92. The van der Waals surface area contributed by atoms with Crippen LogP contribution in [0.2, 0.25) is 0 Å². The first-order valence-corrected chi connectivity index (χ1v) is 13.4. The maximum Gasteiger partial charge on any atom is 0.130 e. The number of hydrogen-bond acceptors (Lipinski definition) is 6. The van der Waals surface area contributed by atoms with E-state index in [4.69, 9.17) is 28.4 Å². The zero-order valence-electron chi connectivity index (χ0n) is 22.3. The summed E-state index contributed by atoms with van der Waals surface area (Å²) in [6.45, 7) is 9.16. The highest BCUT2D eigenvalue weighted by Crippen LogP contribution is 2.48. The third-order valence-electron chi connectivity index (χ3n) is 6.69. The molecule has 0 fully saturated rings. The lowest BCUT2D eigenvalue weighted by Gasteiger charge is -2.22. The number of hydrogen-bond donors (Lipinski definition) is 0. The standard InChI is InChI=1S/C32H36O6/c1-23-21-25-7-3-5-9-27(25)29-30-28-10-6-4-8-26(28)22-24(2)32(30)38-20-18-36-16-14-34-12-11-33-13-15-35-17-19-37-31(23)29/h3-10,21-22H,11-20H2,1-2H3. The summed E-state index contributed by atoms with van der Waals surface area (Å²) >= 11 is 0. The summed E-state index contributed by atoms with van der Waals surface area (Å²) < 4.78 is 35.7. The molecule has 0 saturated carbocycles. The lowest BCUT2D eigenvalue weighted by Crippen LogP contribution is -2.15. The van der Waals surface area contributed by atoms with Gasteiger partial charge >= 0.3 is 0 Å². The van der Waals surface area contributed by atoms with Crippen LogP contribution in [0.3, 0.4) is 0 Å². The maximum atomic E-state index is 6.49. The van der Waals surface area contributed by atoms with E-state index < -0.39 is 0 Å². The van der Waals surface area contributed by atoms with Gasteiger partial charge < -0.3 is 28.4 Å². The van der Waals surface area contributed by atoms with Crippen LogP contribution in [0.15, 0.2) is 60.7 Å². The highest BCUT2D eigenvalue weighted by atomic mass is 16.6. The molecule has 0 aliphatic carbocycles. The van der Waals surface area contributed by atoms with Crippen LogP contribution in [0.25, 0.3) is 32.7 Å². The largest absolute Gasteiger partial charge is 0.490 e. The van der Waals surface area contributed by atoms with Crippen molar-refractivity contribution in [1.29, 1.82) is 0 Å². The Morgan fingerprint density at radius 1 is 0.447 bits per heavy atom. The Kier molecular flexibility index (Phi) is 9.10. The Morgan fingerprint density at radius 3 is 1.18 bits per heavy atom. The molecule has 0 unspecified atom stereocenters. The number of ether oxygens (including phenoxy) is 6. The van der Waals surface area contributed by atoms with Gasteiger partial charge in [0, 0.05) is 11.1 Å². The summed E-state index contributed by atoms with van der Waals surface area (Å²) in [5.74, 6) is 1.71. The molecular weight excluding hydrogens is 480 g/mol. The molecular formula is C32H36O6. The number of fused-ring (bicyclic) bond motifs is 7. The van der Waals surface area contributed by atoms with E-state index in [1.54, 1.807) is 0 Å². The molecule has 0 atom stereocenters. The Bertz CT molecular complexity index is 1260. The van der Waals surface area contributed by atoms with Crippen LogP contribution in [-0.2, 0) is 18.9 Å². The van der Waals surface area contributed by atoms with Gasteiger partial charge in [0.25, 0.3) is 0 Å². The molecule has 0 saturated heterocycles.